The molecule has 0 bridgehead atoms. The molecule has 0 aliphatic carbocycles. The molecule has 0 N–H and O–H groups in total. The maximum Gasteiger partial charge on any atom is 0.0434 e. The minimum Gasteiger partial charge on any atom is -0.261 e. The summed E-state index contributed by atoms with van der Waals surface area (Å²) in [5.74, 6) is 0.649. The number of hydrogen-bond donors (Lipinski definition) is 0. The van der Waals surface area contributed by atoms with Gasteiger partial charge in [-0.3, -0.25) is 4.98 Å². The molecule has 74 valence electrons. The molecular formula is C12H21N. The van der Waals surface area contributed by atoms with E-state index in [-0.39, 0.29) is 0 Å². The maximum atomic E-state index is 4.32. The van der Waals surface area contributed by atoms with Gasteiger partial charge >= 0.3 is 0 Å². The molecule has 0 fully saturated rings. The van der Waals surface area contributed by atoms with E-state index >= 15 is 0 Å². The second-order valence-corrected chi connectivity index (χ2v) is 2.77. The minimum atomic E-state index is 0.649. The number of pyridine rings is 1. The van der Waals surface area contributed by atoms with Gasteiger partial charge in [0.2, 0.25) is 0 Å². The van der Waals surface area contributed by atoms with Gasteiger partial charge < -0.3 is 0 Å². The first kappa shape index (κ1) is 12.2. The van der Waals surface area contributed by atoms with E-state index in [2.05, 4.69) is 31.0 Å². The highest BCUT2D eigenvalue weighted by atomic mass is 14.7. The highest BCUT2D eigenvalue weighted by Gasteiger charge is 2.05. The molecular weight excluding hydrogens is 158 g/mol. The summed E-state index contributed by atoms with van der Waals surface area (Å²) in [6.45, 7) is 8.42. The third-order valence-electron chi connectivity index (χ3n) is 2.09. The first-order valence-corrected chi connectivity index (χ1v) is 5.29. The van der Waals surface area contributed by atoms with E-state index in [4.69, 9.17) is 0 Å². The zero-order chi connectivity index (χ0) is 10.1. The number of rotatable bonds is 3. The van der Waals surface area contributed by atoms with Crippen LogP contribution in [0.3, 0.4) is 0 Å². The molecule has 0 unspecified atom stereocenters. The predicted molar refractivity (Wildman–Crippen MR) is 58.9 cm³/mol. The number of nitrogens with zero attached hydrogens (tertiary/aromatic N) is 1. The largest absolute Gasteiger partial charge is 0.261 e. The number of hydrogen-bond acceptors (Lipinski definition) is 1. The highest BCUT2D eigenvalue weighted by Crippen LogP contribution is 2.19. The Hall–Kier alpha value is -0.850. The fraction of sp³-hybridized carbons (Fsp3) is 0.583. The van der Waals surface area contributed by atoms with Crippen LogP contribution in [0, 0.1) is 0 Å². The Labute approximate surface area is 82.2 Å². The van der Waals surface area contributed by atoms with Crippen molar-refractivity contribution in [2.75, 3.05) is 0 Å². The van der Waals surface area contributed by atoms with Crippen molar-refractivity contribution in [3.05, 3.63) is 30.1 Å². The van der Waals surface area contributed by atoms with Crippen LogP contribution in [0.5, 0.6) is 0 Å². The van der Waals surface area contributed by atoms with E-state index in [0.29, 0.717) is 5.92 Å². The monoisotopic (exact) mass is 179 g/mol. The Morgan fingerprint density at radius 1 is 1.15 bits per heavy atom. The van der Waals surface area contributed by atoms with Crippen molar-refractivity contribution in [2.24, 2.45) is 0 Å². The van der Waals surface area contributed by atoms with Gasteiger partial charge in [-0.25, -0.2) is 0 Å². The van der Waals surface area contributed by atoms with Gasteiger partial charge in [0.05, 0.1) is 0 Å². The maximum absolute atomic E-state index is 4.32. The van der Waals surface area contributed by atoms with Gasteiger partial charge in [-0.1, -0.05) is 33.8 Å². The van der Waals surface area contributed by atoms with Crippen LogP contribution in [0.15, 0.2) is 24.4 Å². The van der Waals surface area contributed by atoms with E-state index < -0.39 is 0 Å². The van der Waals surface area contributed by atoms with Crippen molar-refractivity contribution >= 4 is 0 Å². The zero-order valence-corrected chi connectivity index (χ0v) is 9.25. The van der Waals surface area contributed by atoms with E-state index in [1.807, 2.05) is 26.1 Å². The van der Waals surface area contributed by atoms with Crippen molar-refractivity contribution in [2.45, 2.75) is 46.5 Å². The van der Waals surface area contributed by atoms with Gasteiger partial charge in [-0.2, -0.15) is 0 Å². The molecule has 1 aromatic heterocycles. The Morgan fingerprint density at radius 2 is 1.77 bits per heavy atom. The molecule has 0 spiro atoms. The smallest absolute Gasteiger partial charge is 0.0434 e. The van der Waals surface area contributed by atoms with Crippen LogP contribution in [0.2, 0.25) is 0 Å². The van der Waals surface area contributed by atoms with Crippen LogP contribution in [-0.4, -0.2) is 4.98 Å². The molecule has 1 aromatic rings. The molecule has 0 aliphatic heterocycles. The second-order valence-electron chi connectivity index (χ2n) is 2.77. The molecule has 0 atom stereocenters. The van der Waals surface area contributed by atoms with Crippen molar-refractivity contribution in [3.63, 3.8) is 0 Å². The van der Waals surface area contributed by atoms with Gasteiger partial charge in [-0.05, 0) is 25.0 Å². The van der Waals surface area contributed by atoms with Crippen LogP contribution >= 0.6 is 0 Å². The van der Waals surface area contributed by atoms with E-state index in [1.165, 1.54) is 18.5 Å². The minimum absolute atomic E-state index is 0.649. The Balaban J connectivity index is 0.000000671. The SMILES string of the molecule is CC.CCC(CC)c1ccccn1. The van der Waals surface area contributed by atoms with Crippen LogP contribution in [0.4, 0.5) is 0 Å². The third kappa shape index (κ3) is 4.07. The molecule has 0 aliphatic rings. The van der Waals surface area contributed by atoms with Crippen LogP contribution in [0.1, 0.15) is 52.1 Å². The van der Waals surface area contributed by atoms with E-state index in [1.54, 1.807) is 0 Å². The first-order chi connectivity index (χ1) is 6.38. The summed E-state index contributed by atoms with van der Waals surface area (Å²) < 4.78 is 0. The van der Waals surface area contributed by atoms with Crippen LogP contribution in [-0.2, 0) is 0 Å². The first-order valence-electron chi connectivity index (χ1n) is 5.29. The summed E-state index contributed by atoms with van der Waals surface area (Å²) in [5, 5.41) is 0. The summed E-state index contributed by atoms with van der Waals surface area (Å²) in [6.07, 6.45) is 4.24. The molecule has 0 radical (unpaired) electrons. The second kappa shape index (κ2) is 7.78. The van der Waals surface area contributed by atoms with Gasteiger partial charge in [-0.15, -0.1) is 0 Å². The van der Waals surface area contributed by atoms with Crippen LogP contribution in [0.25, 0.3) is 0 Å². The standard InChI is InChI=1S/C10H15N.C2H6/c1-3-9(4-2)10-7-5-6-8-11-10;1-2/h5-9H,3-4H2,1-2H3;1-2H3. The number of aromatic nitrogens is 1. The topological polar surface area (TPSA) is 12.9 Å². The molecule has 0 aromatic carbocycles. The highest BCUT2D eigenvalue weighted by molar-refractivity contribution is 5.08. The average Bonchev–Trinajstić information content (AvgIpc) is 2.24. The molecule has 0 saturated heterocycles. The molecule has 1 heteroatoms. The lowest BCUT2D eigenvalue weighted by atomic mass is 9.99. The summed E-state index contributed by atoms with van der Waals surface area (Å²) in [4.78, 5) is 4.32. The molecule has 13 heavy (non-hydrogen) atoms. The Morgan fingerprint density at radius 3 is 2.15 bits per heavy atom. The van der Waals surface area contributed by atoms with Crippen molar-refractivity contribution in [1.29, 1.82) is 0 Å². The Bertz CT molecular complexity index is 190. The summed E-state index contributed by atoms with van der Waals surface area (Å²) >= 11 is 0. The molecule has 1 nitrogen and oxygen atoms in total. The average molecular weight is 179 g/mol. The molecule has 0 amide bonds. The van der Waals surface area contributed by atoms with Gasteiger partial charge in [0, 0.05) is 17.8 Å². The fourth-order valence-electron chi connectivity index (χ4n) is 1.32. The lowest BCUT2D eigenvalue weighted by Gasteiger charge is -2.09. The van der Waals surface area contributed by atoms with Crippen molar-refractivity contribution < 1.29 is 0 Å². The quantitative estimate of drug-likeness (QED) is 0.683. The lowest BCUT2D eigenvalue weighted by Crippen LogP contribution is -1.97. The van der Waals surface area contributed by atoms with Crippen molar-refractivity contribution in [1.82, 2.24) is 4.98 Å². The lowest BCUT2D eigenvalue weighted by molar-refractivity contribution is 0.623. The van der Waals surface area contributed by atoms with E-state index in [9.17, 15) is 0 Å². The third-order valence-corrected chi connectivity index (χ3v) is 2.09. The normalized spacial score (nSPS) is 9.31. The van der Waals surface area contributed by atoms with Gasteiger partial charge in [0.25, 0.3) is 0 Å². The Kier molecular flexibility index (Phi) is 7.27. The summed E-state index contributed by atoms with van der Waals surface area (Å²) in [5.41, 5.74) is 1.23. The fourth-order valence-corrected chi connectivity index (χ4v) is 1.32. The molecule has 1 rings (SSSR count). The predicted octanol–water partition coefficient (Wildman–Crippen LogP) is 4.01. The molecule has 0 saturated carbocycles. The van der Waals surface area contributed by atoms with Crippen molar-refractivity contribution in [3.8, 4) is 0 Å². The van der Waals surface area contributed by atoms with Gasteiger partial charge in [0.15, 0.2) is 0 Å². The zero-order valence-electron chi connectivity index (χ0n) is 9.25. The van der Waals surface area contributed by atoms with Gasteiger partial charge in [0.1, 0.15) is 0 Å². The van der Waals surface area contributed by atoms with Crippen LogP contribution < -0.4 is 0 Å². The van der Waals surface area contributed by atoms with E-state index in [0.717, 1.165) is 0 Å². The summed E-state index contributed by atoms with van der Waals surface area (Å²) in [7, 11) is 0. The summed E-state index contributed by atoms with van der Waals surface area (Å²) in [6, 6.07) is 6.13. The molecule has 1 heterocycles.